The second-order valence-corrected chi connectivity index (χ2v) is 6.26. The third-order valence-corrected chi connectivity index (χ3v) is 4.72. The van der Waals surface area contributed by atoms with Crippen molar-refractivity contribution in [2.24, 2.45) is 0 Å². The largest absolute Gasteiger partial charge is 0.296 e. The highest BCUT2D eigenvalue weighted by Gasteiger charge is 2.39. The van der Waals surface area contributed by atoms with Crippen LogP contribution in [0, 0.1) is 0 Å². The molecule has 2 aliphatic rings. The lowest BCUT2D eigenvalue weighted by Gasteiger charge is -2.37. The van der Waals surface area contributed by atoms with Crippen molar-refractivity contribution in [3.63, 3.8) is 0 Å². The SMILES string of the molecule is BrC1CC2CCC(C1)N2CCn1cccn1. The van der Waals surface area contributed by atoms with E-state index in [1.807, 2.05) is 16.9 Å². The van der Waals surface area contributed by atoms with Crippen LogP contribution in [-0.2, 0) is 6.54 Å². The maximum atomic E-state index is 4.27. The number of hydrogen-bond acceptors (Lipinski definition) is 2. The summed E-state index contributed by atoms with van der Waals surface area (Å²) in [5.74, 6) is 0. The molecular weight excluding hydrogens is 266 g/mol. The van der Waals surface area contributed by atoms with E-state index in [2.05, 4.69) is 32.1 Å². The van der Waals surface area contributed by atoms with Gasteiger partial charge in [0.25, 0.3) is 0 Å². The van der Waals surface area contributed by atoms with Gasteiger partial charge in [-0.15, -0.1) is 0 Å². The molecule has 0 saturated carbocycles. The Hall–Kier alpha value is -0.350. The molecule has 1 aromatic heterocycles. The van der Waals surface area contributed by atoms with Crippen molar-refractivity contribution in [2.75, 3.05) is 6.54 Å². The predicted molar refractivity (Wildman–Crippen MR) is 67.7 cm³/mol. The minimum atomic E-state index is 0.756. The predicted octanol–water partition coefficient (Wildman–Crippen LogP) is 2.27. The fourth-order valence-corrected chi connectivity index (χ4v) is 4.09. The van der Waals surface area contributed by atoms with Gasteiger partial charge in [-0.25, -0.2) is 0 Å². The molecule has 0 N–H and O–H groups in total. The van der Waals surface area contributed by atoms with Gasteiger partial charge < -0.3 is 0 Å². The molecule has 3 rings (SSSR count). The molecule has 2 unspecified atom stereocenters. The van der Waals surface area contributed by atoms with Gasteiger partial charge in [-0.2, -0.15) is 5.10 Å². The lowest BCUT2D eigenvalue weighted by molar-refractivity contribution is 0.138. The van der Waals surface area contributed by atoms with E-state index in [-0.39, 0.29) is 0 Å². The Bertz CT molecular complexity index is 324. The number of hydrogen-bond donors (Lipinski definition) is 0. The van der Waals surface area contributed by atoms with Gasteiger partial charge in [0.2, 0.25) is 0 Å². The zero-order valence-electron chi connectivity index (χ0n) is 9.43. The minimum absolute atomic E-state index is 0.756. The summed E-state index contributed by atoms with van der Waals surface area (Å²) in [6.07, 6.45) is 9.36. The van der Waals surface area contributed by atoms with Crippen molar-refractivity contribution in [2.45, 2.75) is 49.1 Å². The molecule has 2 aliphatic heterocycles. The van der Waals surface area contributed by atoms with Gasteiger partial charge in [-0.1, -0.05) is 15.9 Å². The maximum absolute atomic E-state index is 4.27. The molecule has 4 heteroatoms. The Balaban J connectivity index is 1.59. The van der Waals surface area contributed by atoms with Gasteiger partial charge in [0.05, 0.1) is 6.54 Å². The van der Waals surface area contributed by atoms with Gasteiger partial charge in [0.15, 0.2) is 0 Å². The minimum Gasteiger partial charge on any atom is -0.296 e. The normalized spacial score (nSPS) is 34.4. The zero-order chi connectivity index (χ0) is 11.0. The Morgan fingerprint density at radius 2 is 1.94 bits per heavy atom. The van der Waals surface area contributed by atoms with E-state index in [9.17, 15) is 0 Å². The van der Waals surface area contributed by atoms with Crippen LogP contribution in [0.5, 0.6) is 0 Å². The van der Waals surface area contributed by atoms with Crippen LogP contribution in [0.2, 0.25) is 0 Å². The maximum Gasteiger partial charge on any atom is 0.0536 e. The second kappa shape index (κ2) is 4.49. The van der Waals surface area contributed by atoms with E-state index in [1.54, 1.807) is 0 Å². The first-order valence-corrected chi connectivity index (χ1v) is 7.12. The number of rotatable bonds is 3. The Labute approximate surface area is 105 Å². The first-order valence-electron chi connectivity index (χ1n) is 6.20. The van der Waals surface area contributed by atoms with Crippen molar-refractivity contribution in [1.29, 1.82) is 0 Å². The van der Waals surface area contributed by atoms with Crippen LogP contribution in [0.15, 0.2) is 18.5 Å². The zero-order valence-corrected chi connectivity index (χ0v) is 11.0. The van der Waals surface area contributed by atoms with Crippen molar-refractivity contribution >= 4 is 15.9 Å². The van der Waals surface area contributed by atoms with Crippen molar-refractivity contribution in [3.05, 3.63) is 18.5 Å². The van der Waals surface area contributed by atoms with E-state index in [4.69, 9.17) is 0 Å². The van der Waals surface area contributed by atoms with E-state index < -0.39 is 0 Å². The molecule has 0 amide bonds. The molecule has 2 saturated heterocycles. The fraction of sp³-hybridized carbons (Fsp3) is 0.750. The van der Waals surface area contributed by atoms with Crippen LogP contribution in [0.1, 0.15) is 25.7 Å². The molecule has 0 spiro atoms. The summed E-state index contributed by atoms with van der Waals surface area (Å²) in [6.45, 7) is 2.20. The van der Waals surface area contributed by atoms with E-state index in [0.29, 0.717) is 0 Å². The van der Waals surface area contributed by atoms with Crippen molar-refractivity contribution in [3.8, 4) is 0 Å². The summed E-state index contributed by atoms with van der Waals surface area (Å²) in [5, 5.41) is 4.27. The summed E-state index contributed by atoms with van der Waals surface area (Å²) in [6, 6.07) is 3.64. The lowest BCUT2D eigenvalue weighted by Crippen LogP contribution is -2.44. The van der Waals surface area contributed by atoms with Gasteiger partial charge in [0.1, 0.15) is 0 Å². The summed E-state index contributed by atoms with van der Waals surface area (Å²) in [4.78, 5) is 3.46. The van der Waals surface area contributed by atoms with Crippen LogP contribution in [0.3, 0.4) is 0 Å². The highest BCUT2D eigenvalue weighted by atomic mass is 79.9. The van der Waals surface area contributed by atoms with Crippen LogP contribution in [0.4, 0.5) is 0 Å². The molecule has 1 aromatic rings. The summed E-state index contributed by atoms with van der Waals surface area (Å²) in [7, 11) is 0. The second-order valence-electron chi connectivity index (χ2n) is 4.96. The molecule has 16 heavy (non-hydrogen) atoms. The van der Waals surface area contributed by atoms with E-state index in [1.165, 1.54) is 25.7 Å². The Kier molecular flexibility index (Phi) is 3.03. The van der Waals surface area contributed by atoms with Crippen LogP contribution in [0.25, 0.3) is 0 Å². The number of halogens is 1. The van der Waals surface area contributed by atoms with Crippen LogP contribution >= 0.6 is 15.9 Å². The molecule has 2 fully saturated rings. The average molecular weight is 284 g/mol. The van der Waals surface area contributed by atoms with E-state index in [0.717, 1.165) is 30.0 Å². The first kappa shape index (κ1) is 10.8. The monoisotopic (exact) mass is 283 g/mol. The van der Waals surface area contributed by atoms with Gasteiger partial charge >= 0.3 is 0 Å². The highest BCUT2D eigenvalue weighted by molar-refractivity contribution is 9.09. The quantitative estimate of drug-likeness (QED) is 0.794. The molecule has 2 atom stereocenters. The lowest BCUT2D eigenvalue weighted by atomic mass is 10.0. The third-order valence-electron chi connectivity index (χ3n) is 3.97. The number of fused-ring (bicyclic) bond motifs is 2. The highest BCUT2D eigenvalue weighted by Crippen LogP contribution is 2.38. The summed E-state index contributed by atoms with van der Waals surface area (Å²) < 4.78 is 2.04. The van der Waals surface area contributed by atoms with Gasteiger partial charge in [-0.05, 0) is 31.7 Å². The molecule has 2 bridgehead atoms. The summed E-state index contributed by atoms with van der Waals surface area (Å²) in [5.41, 5.74) is 0. The molecule has 3 heterocycles. The molecule has 88 valence electrons. The Morgan fingerprint density at radius 1 is 1.19 bits per heavy atom. The van der Waals surface area contributed by atoms with Gasteiger partial charge in [0, 0.05) is 35.8 Å². The number of alkyl halides is 1. The molecule has 0 aromatic carbocycles. The number of aromatic nitrogens is 2. The smallest absolute Gasteiger partial charge is 0.0536 e. The van der Waals surface area contributed by atoms with Crippen LogP contribution in [-0.4, -0.2) is 38.1 Å². The number of piperidine rings is 1. The third kappa shape index (κ3) is 2.05. The average Bonchev–Trinajstić information content (AvgIpc) is 2.83. The molecule has 0 aliphatic carbocycles. The van der Waals surface area contributed by atoms with Crippen molar-refractivity contribution in [1.82, 2.24) is 14.7 Å². The van der Waals surface area contributed by atoms with E-state index >= 15 is 0 Å². The number of nitrogens with zero attached hydrogens (tertiary/aromatic N) is 3. The molecule has 0 radical (unpaired) electrons. The fourth-order valence-electron chi connectivity index (χ4n) is 3.22. The van der Waals surface area contributed by atoms with Gasteiger partial charge in [-0.3, -0.25) is 9.58 Å². The van der Waals surface area contributed by atoms with Crippen LogP contribution < -0.4 is 0 Å². The molecular formula is C12H18BrN3. The first-order chi connectivity index (χ1) is 7.83. The molecule has 3 nitrogen and oxygen atoms in total. The Morgan fingerprint density at radius 3 is 2.56 bits per heavy atom. The summed E-state index contributed by atoms with van der Waals surface area (Å²) >= 11 is 3.78. The van der Waals surface area contributed by atoms with Crippen molar-refractivity contribution < 1.29 is 0 Å². The standard InChI is InChI=1S/C12H18BrN3/c13-10-8-11-2-3-12(9-10)16(11)7-6-15-5-1-4-14-15/h1,4-5,10-12H,2-3,6-9H2. The topological polar surface area (TPSA) is 21.1 Å².